The Morgan fingerprint density at radius 2 is 1.81 bits per heavy atom. The number of primary sulfonamides is 1. The van der Waals surface area contributed by atoms with Crippen LogP contribution in [0.2, 0.25) is 0 Å². The normalized spacial score (nSPS) is 13.6. The fourth-order valence-electron chi connectivity index (χ4n) is 3.51. The third-order valence-electron chi connectivity index (χ3n) is 4.97. The van der Waals surface area contributed by atoms with Crippen molar-refractivity contribution < 1.29 is 21.6 Å². The molecule has 0 aliphatic carbocycles. The highest BCUT2D eigenvalue weighted by molar-refractivity contribution is 7.89. The molecule has 2 N–H and O–H groups in total. The summed E-state index contributed by atoms with van der Waals surface area (Å²) in [6.45, 7) is 0.733. The Balaban J connectivity index is 1.64. The summed E-state index contributed by atoms with van der Waals surface area (Å²) in [5.74, 6) is 6.55. The van der Waals surface area contributed by atoms with Gasteiger partial charge >= 0.3 is 6.18 Å². The number of benzene rings is 2. The van der Waals surface area contributed by atoms with Gasteiger partial charge in [0.1, 0.15) is 5.82 Å². The number of nitrogens with two attached hydrogens (primary N) is 1. The first-order valence-electron chi connectivity index (χ1n) is 9.13. The Morgan fingerprint density at radius 3 is 2.52 bits per heavy atom. The van der Waals surface area contributed by atoms with Gasteiger partial charge in [-0.05, 0) is 41.5 Å². The van der Waals surface area contributed by atoms with E-state index in [1.54, 1.807) is 30.1 Å². The fourth-order valence-corrected chi connectivity index (χ4v) is 4.06. The maximum atomic E-state index is 13.0. The maximum Gasteiger partial charge on any atom is 0.416 e. The van der Waals surface area contributed by atoms with Crippen LogP contribution in [0.25, 0.3) is 0 Å². The zero-order valence-electron chi connectivity index (χ0n) is 16.3. The predicted octanol–water partition coefficient (Wildman–Crippen LogP) is 3.01. The molecular formula is C21H17F3N4O2S. The van der Waals surface area contributed by atoms with Crippen LogP contribution in [0.5, 0.6) is 0 Å². The molecule has 160 valence electrons. The van der Waals surface area contributed by atoms with E-state index in [1.807, 2.05) is 4.90 Å². The second kappa shape index (κ2) is 7.44. The fraction of sp³-hybridized carbons (Fsp3) is 0.190. The number of rotatable bonds is 2. The van der Waals surface area contributed by atoms with Crippen LogP contribution in [-0.2, 0) is 36.3 Å². The molecule has 10 heteroatoms. The molecule has 1 aromatic heterocycles. The first-order chi connectivity index (χ1) is 14.5. The van der Waals surface area contributed by atoms with Crippen molar-refractivity contribution in [2.24, 2.45) is 12.2 Å². The monoisotopic (exact) mass is 446 g/mol. The van der Waals surface area contributed by atoms with E-state index in [4.69, 9.17) is 5.14 Å². The SMILES string of the molecule is Cn1ncc(C#Cc2cccc(S(N)(=O)=O)c2)c1N1Cc2ccc(C(F)(F)F)cc2C1. The van der Waals surface area contributed by atoms with Crippen LogP contribution in [0.1, 0.15) is 27.8 Å². The van der Waals surface area contributed by atoms with Gasteiger partial charge in [-0.1, -0.05) is 24.0 Å². The molecule has 0 fully saturated rings. The number of aromatic nitrogens is 2. The molecular weight excluding hydrogens is 429 g/mol. The Hall–Kier alpha value is -3.29. The number of aryl methyl sites for hydroxylation is 1. The number of nitrogens with zero attached hydrogens (tertiary/aromatic N) is 3. The summed E-state index contributed by atoms with van der Waals surface area (Å²) in [6.07, 6.45) is -2.83. The van der Waals surface area contributed by atoms with E-state index in [1.165, 1.54) is 24.3 Å². The second-order valence-electron chi connectivity index (χ2n) is 7.17. The van der Waals surface area contributed by atoms with Crippen molar-refractivity contribution >= 4 is 15.8 Å². The molecule has 3 aromatic rings. The summed E-state index contributed by atoms with van der Waals surface area (Å²) in [4.78, 5) is 1.86. The number of alkyl halides is 3. The van der Waals surface area contributed by atoms with Crippen LogP contribution in [0.3, 0.4) is 0 Å². The molecule has 0 unspecified atom stereocenters. The largest absolute Gasteiger partial charge is 0.416 e. The molecule has 0 amide bonds. The lowest BCUT2D eigenvalue weighted by atomic mass is 10.1. The molecule has 4 rings (SSSR count). The van der Waals surface area contributed by atoms with Crippen LogP contribution in [-0.4, -0.2) is 18.2 Å². The minimum absolute atomic E-state index is 0.0406. The van der Waals surface area contributed by atoms with Crippen molar-refractivity contribution in [2.45, 2.75) is 24.2 Å². The first kappa shape index (κ1) is 21.0. The van der Waals surface area contributed by atoms with Gasteiger partial charge in [0, 0.05) is 25.7 Å². The summed E-state index contributed by atoms with van der Waals surface area (Å²) in [5.41, 5.74) is 1.78. The Morgan fingerprint density at radius 1 is 1.06 bits per heavy atom. The summed E-state index contributed by atoms with van der Waals surface area (Å²) < 4.78 is 63.7. The third kappa shape index (κ3) is 4.28. The number of halogens is 3. The van der Waals surface area contributed by atoms with Crippen LogP contribution in [0.4, 0.5) is 19.0 Å². The van der Waals surface area contributed by atoms with Crippen LogP contribution < -0.4 is 10.0 Å². The second-order valence-corrected chi connectivity index (χ2v) is 8.73. The summed E-state index contributed by atoms with van der Waals surface area (Å²) in [7, 11) is -2.11. The number of fused-ring (bicyclic) bond motifs is 1. The van der Waals surface area contributed by atoms with Crippen molar-refractivity contribution in [1.29, 1.82) is 0 Å². The Bertz CT molecular complexity index is 1330. The molecule has 6 nitrogen and oxygen atoms in total. The molecule has 0 spiro atoms. The average molecular weight is 446 g/mol. The van der Waals surface area contributed by atoms with E-state index in [9.17, 15) is 21.6 Å². The van der Waals surface area contributed by atoms with E-state index in [-0.39, 0.29) is 4.90 Å². The molecule has 31 heavy (non-hydrogen) atoms. The zero-order valence-corrected chi connectivity index (χ0v) is 17.1. The molecule has 0 radical (unpaired) electrons. The maximum absolute atomic E-state index is 13.0. The molecule has 0 bridgehead atoms. The van der Waals surface area contributed by atoms with E-state index in [0.717, 1.165) is 11.6 Å². The Kier molecular flexibility index (Phi) is 5.03. The predicted molar refractivity (Wildman–Crippen MR) is 108 cm³/mol. The third-order valence-corrected chi connectivity index (χ3v) is 5.88. The topological polar surface area (TPSA) is 81.2 Å². The highest BCUT2D eigenvalue weighted by atomic mass is 32.2. The zero-order chi connectivity index (χ0) is 22.4. The Labute approximate surface area is 177 Å². The molecule has 2 heterocycles. The first-order valence-corrected chi connectivity index (χ1v) is 10.7. The minimum atomic E-state index is -4.39. The average Bonchev–Trinajstić information content (AvgIpc) is 3.27. The van der Waals surface area contributed by atoms with Crippen molar-refractivity contribution in [3.8, 4) is 11.8 Å². The van der Waals surface area contributed by atoms with E-state index in [0.29, 0.717) is 35.6 Å². The molecule has 0 saturated heterocycles. The molecule has 2 aromatic carbocycles. The van der Waals surface area contributed by atoms with Gasteiger partial charge in [0.05, 0.1) is 22.2 Å². The highest BCUT2D eigenvalue weighted by Gasteiger charge is 2.33. The lowest BCUT2D eigenvalue weighted by molar-refractivity contribution is -0.137. The van der Waals surface area contributed by atoms with E-state index < -0.39 is 21.8 Å². The van der Waals surface area contributed by atoms with Crippen LogP contribution in [0, 0.1) is 11.8 Å². The van der Waals surface area contributed by atoms with Gasteiger partial charge in [0.25, 0.3) is 0 Å². The van der Waals surface area contributed by atoms with Crippen molar-refractivity contribution in [2.75, 3.05) is 4.90 Å². The lowest BCUT2D eigenvalue weighted by Gasteiger charge is -2.18. The van der Waals surface area contributed by atoms with Gasteiger partial charge in [-0.2, -0.15) is 18.3 Å². The molecule has 1 aliphatic heterocycles. The molecule has 0 atom stereocenters. The number of anilines is 1. The van der Waals surface area contributed by atoms with Crippen molar-refractivity contribution in [3.63, 3.8) is 0 Å². The summed E-state index contributed by atoms with van der Waals surface area (Å²) in [6, 6.07) is 9.72. The number of sulfonamides is 1. The van der Waals surface area contributed by atoms with Crippen molar-refractivity contribution in [1.82, 2.24) is 9.78 Å². The van der Waals surface area contributed by atoms with Gasteiger partial charge in [-0.25, -0.2) is 13.6 Å². The minimum Gasteiger partial charge on any atom is -0.347 e. The smallest absolute Gasteiger partial charge is 0.347 e. The van der Waals surface area contributed by atoms with E-state index in [2.05, 4.69) is 16.9 Å². The van der Waals surface area contributed by atoms with Gasteiger partial charge in [0.2, 0.25) is 10.0 Å². The summed E-state index contributed by atoms with van der Waals surface area (Å²) >= 11 is 0. The van der Waals surface area contributed by atoms with Gasteiger partial charge in [-0.15, -0.1) is 0 Å². The molecule has 1 aliphatic rings. The van der Waals surface area contributed by atoms with Gasteiger partial charge in [0.15, 0.2) is 0 Å². The van der Waals surface area contributed by atoms with Gasteiger partial charge < -0.3 is 4.90 Å². The van der Waals surface area contributed by atoms with Gasteiger partial charge in [-0.3, -0.25) is 4.68 Å². The number of hydrogen-bond donors (Lipinski definition) is 1. The summed E-state index contributed by atoms with van der Waals surface area (Å²) in [5, 5.41) is 9.38. The van der Waals surface area contributed by atoms with Crippen LogP contribution >= 0.6 is 0 Å². The van der Waals surface area contributed by atoms with Crippen molar-refractivity contribution in [3.05, 3.63) is 76.5 Å². The van der Waals surface area contributed by atoms with E-state index >= 15 is 0 Å². The molecule has 0 saturated carbocycles. The standard InChI is InChI=1S/C21H17F3N4O2S/c1-27-20(28-12-16-7-8-18(21(22,23)24)10-17(16)13-28)15(11-26-27)6-5-14-3-2-4-19(9-14)31(25,29)30/h2-4,7-11H,12-13H2,1H3,(H2,25,29,30). The lowest BCUT2D eigenvalue weighted by Crippen LogP contribution is -2.19. The quantitative estimate of drug-likeness (QED) is 0.614. The highest BCUT2D eigenvalue weighted by Crippen LogP contribution is 2.35. The number of hydrogen-bond acceptors (Lipinski definition) is 4. The van der Waals surface area contributed by atoms with Crippen LogP contribution in [0.15, 0.2) is 53.6 Å².